The molecule has 2 heterocycles. The summed E-state index contributed by atoms with van der Waals surface area (Å²) in [6.45, 7) is 5.27. The Bertz CT molecular complexity index is 671. The zero-order valence-electron chi connectivity index (χ0n) is 20.8. The Labute approximate surface area is 211 Å². The Morgan fingerprint density at radius 2 is 1.36 bits per heavy atom. The molecule has 1 aromatic rings. The number of aryl methyl sites for hydroxylation is 1. The van der Waals surface area contributed by atoms with Crippen LogP contribution in [0.1, 0.15) is 12.1 Å². The van der Waals surface area contributed by atoms with E-state index >= 15 is 0 Å². The maximum Gasteiger partial charge on any atom is 0.109 e. The first-order valence-corrected chi connectivity index (χ1v) is 12.3. The quantitative estimate of drug-likeness (QED) is 0.103. The summed E-state index contributed by atoms with van der Waals surface area (Å²) in [7, 11) is 0. The second kappa shape index (κ2) is 18.9. The first-order valence-electron chi connectivity index (χ1n) is 12.3. The number of aromatic nitrogens is 3. The smallest absolute Gasteiger partial charge is 0.109 e. The summed E-state index contributed by atoms with van der Waals surface area (Å²) in [5.74, 6) is 0. The van der Waals surface area contributed by atoms with Gasteiger partial charge in [-0.1, -0.05) is 5.21 Å². The molecule has 0 spiro atoms. The van der Waals surface area contributed by atoms with Gasteiger partial charge in [-0.25, -0.2) is 0 Å². The predicted molar refractivity (Wildman–Crippen MR) is 125 cm³/mol. The molecule has 1 aliphatic heterocycles. The summed E-state index contributed by atoms with van der Waals surface area (Å²) < 4.78 is 28.5. The van der Waals surface area contributed by atoms with Gasteiger partial charge in [0.1, 0.15) is 17.9 Å². The van der Waals surface area contributed by atoms with Crippen LogP contribution in [0.3, 0.4) is 0 Å². The van der Waals surface area contributed by atoms with Crippen LogP contribution in [-0.2, 0) is 36.8 Å². The Morgan fingerprint density at radius 3 is 1.94 bits per heavy atom. The molecule has 1 fully saturated rings. The first kappa shape index (κ1) is 30.9. The van der Waals surface area contributed by atoms with Gasteiger partial charge in [0.15, 0.2) is 0 Å². The lowest BCUT2D eigenvalue weighted by atomic mass is 9.94. The van der Waals surface area contributed by atoms with Crippen LogP contribution in [0.15, 0.2) is 6.20 Å². The molecule has 14 heteroatoms. The van der Waals surface area contributed by atoms with Crippen molar-refractivity contribution in [3.8, 4) is 0 Å². The van der Waals surface area contributed by atoms with Gasteiger partial charge in [-0.05, 0) is 6.42 Å². The fraction of sp³-hybridized carbons (Fsp3) is 0.909. The van der Waals surface area contributed by atoms with E-state index in [1.54, 1.807) is 15.8 Å². The molecule has 210 valence electrons. The highest BCUT2D eigenvalue weighted by atomic mass is 16.6. The van der Waals surface area contributed by atoms with Crippen LogP contribution in [0, 0.1) is 0 Å². The number of piperidine rings is 1. The molecule has 0 aromatic carbocycles. The average Bonchev–Trinajstić information content (AvgIpc) is 3.32. The van der Waals surface area contributed by atoms with Crippen molar-refractivity contribution in [2.24, 2.45) is 0 Å². The first-order chi connectivity index (χ1) is 17.6. The fourth-order valence-electron chi connectivity index (χ4n) is 3.71. The second-order valence-electron chi connectivity index (χ2n) is 8.35. The van der Waals surface area contributed by atoms with E-state index in [-0.39, 0.29) is 19.8 Å². The molecule has 0 bridgehead atoms. The second-order valence-corrected chi connectivity index (χ2v) is 8.35. The van der Waals surface area contributed by atoms with Crippen LogP contribution in [0.4, 0.5) is 0 Å². The number of rotatable bonds is 21. The highest BCUT2D eigenvalue weighted by molar-refractivity contribution is 4.94. The van der Waals surface area contributed by atoms with Crippen molar-refractivity contribution in [3.05, 3.63) is 11.9 Å². The van der Waals surface area contributed by atoms with Crippen LogP contribution < -0.4 is 0 Å². The zero-order valence-corrected chi connectivity index (χ0v) is 20.8. The number of likely N-dealkylation sites (tertiary alicyclic amines) is 1. The van der Waals surface area contributed by atoms with Crippen molar-refractivity contribution < 1.29 is 49.2 Å². The Hall–Kier alpha value is -1.30. The van der Waals surface area contributed by atoms with E-state index in [0.717, 1.165) is 0 Å². The number of nitrogens with zero attached hydrogens (tertiary/aromatic N) is 4. The molecular formula is C22H42N4O10. The molecule has 1 saturated heterocycles. The summed E-state index contributed by atoms with van der Waals surface area (Å²) in [4.78, 5) is 1.78. The molecule has 1 aromatic heterocycles. The molecule has 4 atom stereocenters. The summed E-state index contributed by atoms with van der Waals surface area (Å²) in [6, 6.07) is -0.611. The number of aliphatic hydroxyl groups is 5. The van der Waals surface area contributed by atoms with Gasteiger partial charge in [0.2, 0.25) is 0 Å². The largest absolute Gasteiger partial charge is 0.395 e. The number of hydrogen-bond acceptors (Lipinski definition) is 13. The molecule has 0 radical (unpaired) electrons. The van der Waals surface area contributed by atoms with E-state index in [2.05, 4.69) is 10.3 Å². The van der Waals surface area contributed by atoms with Crippen LogP contribution >= 0.6 is 0 Å². The Kier molecular flexibility index (Phi) is 16.2. The Morgan fingerprint density at radius 1 is 0.778 bits per heavy atom. The van der Waals surface area contributed by atoms with Crippen LogP contribution in [-0.4, -0.2) is 156 Å². The summed E-state index contributed by atoms with van der Waals surface area (Å²) in [6.07, 6.45) is -1.04. The van der Waals surface area contributed by atoms with Gasteiger partial charge < -0.3 is 49.2 Å². The lowest BCUT2D eigenvalue weighted by Crippen LogP contribution is -2.62. The van der Waals surface area contributed by atoms with Crippen molar-refractivity contribution in [2.75, 3.05) is 85.8 Å². The van der Waals surface area contributed by atoms with Gasteiger partial charge in [-0.3, -0.25) is 9.58 Å². The monoisotopic (exact) mass is 522 g/mol. The van der Waals surface area contributed by atoms with Crippen molar-refractivity contribution in [2.45, 2.75) is 43.9 Å². The molecule has 0 unspecified atom stereocenters. The van der Waals surface area contributed by atoms with Gasteiger partial charge in [0.25, 0.3) is 0 Å². The molecule has 36 heavy (non-hydrogen) atoms. The molecule has 5 N–H and O–H groups in total. The lowest BCUT2D eigenvalue weighted by Gasteiger charge is -2.43. The molecule has 0 saturated carbocycles. The third kappa shape index (κ3) is 11.8. The van der Waals surface area contributed by atoms with Crippen LogP contribution in [0.2, 0.25) is 0 Å². The predicted octanol–water partition coefficient (Wildman–Crippen LogP) is -3.00. The minimum Gasteiger partial charge on any atom is -0.395 e. The maximum absolute atomic E-state index is 10.0. The molecule has 2 rings (SSSR count). The van der Waals surface area contributed by atoms with Crippen molar-refractivity contribution in [1.82, 2.24) is 19.9 Å². The number of aliphatic hydroxyl groups excluding tert-OH is 5. The minimum absolute atomic E-state index is 0.0114. The van der Waals surface area contributed by atoms with Crippen LogP contribution in [0.5, 0.6) is 0 Å². The van der Waals surface area contributed by atoms with E-state index in [1.165, 1.54) is 0 Å². The molecule has 14 nitrogen and oxygen atoms in total. The zero-order chi connectivity index (χ0) is 26.0. The van der Waals surface area contributed by atoms with Crippen molar-refractivity contribution in [3.63, 3.8) is 0 Å². The summed E-state index contributed by atoms with van der Waals surface area (Å²) >= 11 is 0. The van der Waals surface area contributed by atoms with E-state index in [0.29, 0.717) is 91.3 Å². The van der Waals surface area contributed by atoms with E-state index < -0.39 is 24.4 Å². The fourth-order valence-corrected chi connectivity index (χ4v) is 3.71. The Balaban J connectivity index is 1.44. The van der Waals surface area contributed by atoms with Gasteiger partial charge in [-0.2, -0.15) is 0 Å². The number of ether oxygens (including phenoxy) is 5. The molecular weight excluding hydrogens is 480 g/mol. The maximum atomic E-state index is 10.0. The van der Waals surface area contributed by atoms with Crippen molar-refractivity contribution in [1.29, 1.82) is 0 Å². The van der Waals surface area contributed by atoms with E-state index in [1.807, 2.05) is 0 Å². The van der Waals surface area contributed by atoms with E-state index in [9.17, 15) is 20.4 Å². The molecule has 0 amide bonds. The van der Waals surface area contributed by atoms with Gasteiger partial charge >= 0.3 is 0 Å². The minimum atomic E-state index is -1.25. The third-order valence-corrected chi connectivity index (χ3v) is 5.61. The van der Waals surface area contributed by atoms with Crippen molar-refractivity contribution >= 4 is 0 Å². The number of β-amino-alcohol motifs (C(OH)–C–C–N with tert-alkyl or cyclic N) is 1. The van der Waals surface area contributed by atoms with Crippen LogP contribution in [0.25, 0.3) is 0 Å². The SMILES string of the molecule is OCCOCCOCCOCCOCCOCc1cn(CCCN2C[C@H](O)[C@@H](O)[C@H](O)[C@H]2CO)nn1. The highest BCUT2D eigenvalue weighted by Crippen LogP contribution is 2.19. The number of hydrogen-bond donors (Lipinski definition) is 5. The third-order valence-electron chi connectivity index (χ3n) is 5.61. The molecule has 0 aliphatic carbocycles. The van der Waals surface area contributed by atoms with Gasteiger partial charge in [-0.15, -0.1) is 5.10 Å². The summed E-state index contributed by atoms with van der Waals surface area (Å²) in [5.41, 5.74) is 0.695. The highest BCUT2D eigenvalue weighted by Gasteiger charge is 2.40. The van der Waals surface area contributed by atoms with Gasteiger partial charge in [0.05, 0.1) is 97.6 Å². The topological polar surface area (TPSA) is 181 Å². The lowest BCUT2D eigenvalue weighted by molar-refractivity contribution is -0.145. The molecule has 1 aliphatic rings. The summed E-state index contributed by atoms with van der Waals surface area (Å²) in [5, 5.41) is 55.9. The normalized spacial score (nSPS) is 22.9. The average molecular weight is 523 g/mol. The standard InChI is InChI=1S/C22H42N4O10/c27-4-5-32-6-7-33-8-9-34-10-11-35-12-13-36-17-18-14-26(24-23-18)3-1-2-25-15-20(29)22(31)21(30)19(25)16-28/h14,19-22,27-31H,1-13,15-17H2/t19-,20+,21-,22-/m1/s1. The van der Waals surface area contributed by atoms with E-state index in [4.69, 9.17) is 28.8 Å². The van der Waals surface area contributed by atoms with Gasteiger partial charge in [0, 0.05) is 19.6 Å².